The van der Waals surface area contributed by atoms with E-state index >= 15 is 0 Å². The van der Waals surface area contributed by atoms with Crippen LogP contribution in [0.2, 0.25) is 0 Å². The van der Waals surface area contributed by atoms with Crippen LogP contribution in [0.5, 0.6) is 0 Å². The Balaban J connectivity index is 1.25. The standard InChI is InChI=1S/C29H36F2/c1-2-3-19-4-6-20(7-5-19)21-8-9-23-17-24(11-10-22(23)16-21)25-12-14-27-26(18-25)13-15-28(30)29(27)31/h12-15,17-23H,2-11,16H2,1H3. The molecule has 3 aliphatic rings. The van der Waals surface area contributed by atoms with E-state index in [1.54, 1.807) is 12.1 Å². The van der Waals surface area contributed by atoms with Crippen molar-refractivity contribution in [2.75, 3.05) is 0 Å². The van der Waals surface area contributed by atoms with Crippen LogP contribution in [0.1, 0.15) is 83.1 Å². The summed E-state index contributed by atoms with van der Waals surface area (Å²) in [6, 6.07) is 8.72. The summed E-state index contributed by atoms with van der Waals surface area (Å²) < 4.78 is 27.6. The van der Waals surface area contributed by atoms with E-state index in [0.717, 1.165) is 35.5 Å². The van der Waals surface area contributed by atoms with Crippen LogP contribution < -0.4 is 0 Å². The number of halogens is 2. The first-order valence-electron chi connectivity index (χ1n) is 12.7. The minimum atomic E-state index is -0.768. The zero-order chi connectivity index (χ0) is 21.4. The molecular formula is C29H36F2. The summed E-state index contributed by atoms with van der Waals surface area (Å²) in [5.41, 5.74) is 2.60. The van der Waals surface area contributed by atoms with Crippen LogP contribution in [-0.2, 0) is 0 Å². The normalized spacial score (nSPS) is 31.3. The van der Waals surface area contributed by atoms with Crippen molar-refractivity contribution >= 4 is 16.3 Å². The molecule has 0 radical (unpaired) electrons. The van der Waals surface area contributed by atoms with Gasteiger partial charge in [-0.15, -0.1) is 0 Å². The Labute approximate surface area is 186 Å². The van der Waals surface area contributed by atoms with Crippen molar-refractivity contribution in [1.29, 1.82) is 0 Å². The lowest BCUT2D eigenvalue weighted by atomic mass is 9.63. The Kier molecular flexibility index (Phi) is 6.17. The minimum Gasteiger partial charge on any atom is -0.204 e. The monoisotopic (exact) mass is 422 g/mol. The molecule has 0 aromatic heterocycles. The third-order valence-electron chi connectivity index (χ3n) is 8.81. The molecule has 3 aliphatic carbocycles. The minimum absolute atomic E-state index is 0.382. The predicted octanol–water partition coefficient (Wildman–Crippen LogP) is 8.93. The van der Waals surface area contributed by atoms with Gasteiger partial charge in [0.2, 0.25) is 0 Å². The molecule has 2 saturated carbocycles. The first-order valence-corrected chi connectivity index (χ1v) is 12.7. The summed E-state index contributed by atoms with van der Waals surface area (Å²) in [5, 5.41) is 1.18. The van der Waals surface area contributed by atoms with Crippen LogP contribution in [0.15, 0.2) is 36.4 Å². The molecule has 2 fully saturated rings. The average Bonchev–Trinajstić information content (AvgIpc) is 2.81. The number of benzene rings is 2. The molecule has 0 spiro atoms. The maximum atomic E-state index is 14.1. The van der Waals surface area contributed by atoms with Gasteiger partial charge in [0.15, 0.2) is 11.6 Å². The van der Waals surface area contributed by atoms with Crippen LogP contribution in [-0.4, -0.2) is 0 Å². The summed E-state index contributed by atoms with van der Waals surface area (Å²) in [6.07, 6.45) is 17.8. The fraction of sp³-hybridized carbons (Fsp3) is 0.586. The molecule has 2 aromatic rings. The highest BCUT2D eigenvalue weighted by atomic mass is 19.2. The SMILES string of the molecule is CCCC1CCC(C2CCC3C=C(c4ccc5c(F)c(F)ccc5c4)CCC3C2)CC1. The van der Waals surface area contributed by atoms with E-state index in [1.165, 1.54) is 81.4 Å². The van der Waals surface area contributed by atoms with Gasteiger partial charge in [-0.3, -0.25) is 0 Å². The first-order chi connectivity index (χ1) is 15.1. The third-order valence-corrected chi connectivity index (χ3v) is 8.81. The molecule has 31 heavy (non-hydrogen) atoms. The Morgan fingerprint density at radius 3 is 2.45 bits per heavy atom. The Morgan fingerprint density at radius 2 is 1.65 bits per heavy atom. The van der Waals surface area contributed by atoms with E-state index in [2.05, 4.69) is 13.0 Å². The second kappa shape index (κ2) is 9.04. The number of allylic oxidation sites excluding steroid dienone is 2. The van der Waals surface area contributed by atoms with Gasteiger partial charge in [-0.2, -0.15) is 0 Å². The van der Waals surface area contributed by atoms with Crippen LogP contribution >= 0.6 is 0 Å². The molecule has 3 atom stereocenters. The zero-order valence-electron chi connectivity index (χ0n) is 18.9. The fourth-order valence-corrected chi connectivity index (χ4v) is 7.05. The highest BCUT2D eigenvalue weighted by Gasteiger charge is 2.36. The number of fused-ring (bicyclic) bond motifs is 2. The number of hydrogen-bond donors (Lipinski definition) is 0. The van der Waals surface area contributed by atoms with Crippen molar-refractivity contribution in [3.8, 4) is 0 Å². The molecule has 0 bridgehead atoms. The topological polar surface area (TPSA) is 0 Å². The van der Waals surface area contributed by atoms with Crippen molar-refractivity contribution in [2.45, 2.75) is 77.6 Å². The van der Waals surface area contributed by atoms with Gasteiger partial charge in [0.1, 0.15) is 0 Å². The summed E-state index contributed by atoms with van der Waals surface area (Å²) in [6.45, 7) is 2.33. The second-order valence-corrected chi connectivity index (χ2v) is 10.6. The fourth-order valence-electron chi connectivity index (χ4n) is 7.05. The third kappa shape index (κ3) is 4.32. The Hall–Kier alpha value is -1.70. The lowest BCUT2D eigenvalue weighted by molar-refractivity contribution is 0.111. The zero-order valence-corrected chi connectivity index (χ0v) is 18.9. The predicted molar refractivity (Wildman–Crippen MR) is 126 cm³/mol. The molecule has 0 saturated heterocycles. The number of rotatable bonds is 4. The molecule has 0 nitrogen and oxygen atoms in total. The molecular weight excluding hydrogens is 386 g/mol. The highest BCUT2D eigenvalue weighted by Crippen LogP contribution is 2.48. The largest absolute Gasteiger partial charge is 0.204 e. The maximum absolute atomic E-state index is 14.1. The van der Waals surface area contributed by atoms with E-state index in [1.807, 2.05) is 12.1 Å². The van der Waals surface area contributed by atoms with E-state index in [4.69, 9.17) is 0 Å². The van der Waals surface area contributed by atoms with Gasteiger partial charge in [-0.25, -0.2) is 8.78 Å². The Bertz CT molecular complexity index is 951. The summed E-state index contributed by atoms with van der Waals surface area (Å²) in [5.74, 6) is 3.00. The molecule has 3 unspecified atom stereocenters. The molecule has 166 valence electrons. The van der Waals surface area contributed by atoms with Crippen LogP contribution in [0.4, 0.5) is 8.78 Å². The van der Waals surface area contributed by atoms with Gasteiger partial charge >= 0.3 is 0 Å². The first kappa shape index (κ1) is 21.2. The molecule has 2 heteroatoms. The second-order valence-electron chi connectivity index (χ2n) is 10.6. The molecule has 0 amide bonds. The number of hydrogen-bond acceptors (Lipinski definition) is 0. The molecule has 2 aromatic carbocycles. The van der Waals surface area contributed by atoms with Gasteiger partial charge in [0, 0.05) is 5.39 Å². The van der Waals surface area contributed by atoms with E-state index in [-0.39, 0.29) is 0 Å². The highest BCUT2D eigenvalue weighted by molar-refractivity contribution is 5.87. The molecule has 0 N–H and O–H groups in total. The van der Waals surface area contributed by atoms with E-state index in [0.29, 0.717) is 11.3 Å². The summed E-state index contributed by atoms with van der Waals surface area (Å²) in [4.78, 5) is 0. The summed E-state index contributed by atoms with van der Waals surface area (Å²) in [7, 11) is 0. The molecule has 0 aliphatic heterocycles. The quantitative estimate of drug-likeness (QED) is 0.461. The van der Waals surface area contributed by atoms with Crippen LogP contribution in [0, 0.1) is 41.2 Å². The Morgan fingerprint density at radius 1 is 0.839 bits per heavy atom. The summed E-state index contributed by atoms with van der Waals surface area (Å²) >= 11 is 0. The average molecular weight is 423 g/mol. The lowest BCUT2D eigenvalue weighted by Crippen LogP contribution is -2.31. The van der Waals surface area contributed by atoms with Gasteiger partial charge in [0.25, 0.3) is 0 Å². The van der Waals surface area contributed by atoms with E-state index in [9.17, 15) is 8.78 Å². The van der Waals surface area contributed by atoms with Gasteiger partial charge < -0.3 is 0 Å². The van der Waals surface area contributed by atoms with Crippen molar-refractivity contribution in [2.24, 2.45) is 29.6 Å². The van der Waals surface area contributed by atoms with Crippen molar-refractivity contribution < 1.29 is 8.78 Å². The van der Waals surface area contributed by atoms with Crippen molar-refractivity contribution in [1.82, 2.24) is 0 Å². The van der Waals surface area contributed by atoms with Gasteiger partial charge in [-0.1, -0.05) is 56.9 Å². The molecule has 0 heterocycles. The van der Waals surface area contributed by atoms with Gasteiger partial charge in [0.05, 0.1) is 0 Å². The van der Waals surface area contributed by atoms with Crippen LogP contribution in [0.25, 0.3) is 16.3 Å². The van der Waals surface area contributed by atoms with Crippen molar-refractivity contribution in [3.63, 3.8) is 0 Å². The van der Waals surface area contributed by atoms with Crippen molar-refractivity contribution in [3.05, 3.63) is 53.6 Å². The van der Waals surface area contributed by atoms with Gasteiger partial charge in [-0.05, 0) is 103 Å². The maximum Gasteiger partial charge on any atom is 0.166 e. The van der Waals surface area contributed by atoms with E-state index < -0.39 is 11.6 Å². The van der Waals surface area contributed by atoms with Crippen LogP contribution in [0.3, 0.4) is 0 Å². The lowest BCUT2D eigenvalue weighted by Gasteiger charge is -2.43. The smallest absolute Gasteiger partial charge is 0.166 e. The molecule has 5 rings (SSSR count).